The van der Waals surface area contributed by atoms with E-state index in [2.05, 4.69) is 190 Å². The molecule has 2 nitrogen and oxygen atoms in total. The van der Waals surface area contributed by atoms with E-state index < -0.39 is 0 Å². The predicted molar refractivity (Wildman–Crippen MR) is 230 cm³/mol. The van der Waals surface area contributed by atoms with Gasteiger partial charge in [-0.05, 0) is 84.6 Å². The number of hydrogen-bond donors (Lipinski definition) is 0. The first-order valence-electron chi connectivity index (χ1n) is 19.0. The van der Waals surface area contributed by atoms with Crippen molar-refractivity contribution in [3.63, 3.8) is 0 Å². The molecule has 1 aliphatic carbocycles. The van der Waals surface area contributed by atoms with Crippen molar-refractivity contribution >= 4 is 10.8 Å². The van der Waals surface area contributed by atoms with E-state index >= 15 is 0 Å². The Kier molecular flexibility index (Phi) is 7.85. The minimum absolute atomic E-state index is 0.0441. The number of fused-ring (bicyclic) bond motifs is 4. The van der Waals surface area contributed by atoms with Crippen LogP contribution in [-0.4, -0.2) is 9.97 Å². The van der Waals surface area contributed by atoms with E-state index in [4.69, 9.17) is 9.97 Å². The minimum Gasteiger partial charge on any atom is -0.228 e. The number of rotatable bonds is 6. The van der Waals surface area contributed by atoms with Gasteiger partial charge in [-0.2, -0.15) is 0 Å². The van der Waals surface area contributed by atoms with Crippen LogP contribution < -0.4 is 0 Å². The maximum Gasteiger partial charge on any atom is 0.160 e. The summed E-state index contributed by atoms with van der Waals surface area (Å²) in [5.41, 5.74) is 17.5. The highest BCUT2D eigenvalue weighted by molar-refractivity contribution is 6.05. The first kappa shape index (κ1) is 32.7. The third kappa shape index (κ3) is 5.66. The van der Waals surface area contributed by atoms with Crippen LogP contribution in [0.5, 0.6) is 0 Å². The largest absolute Gasteiger partial charge is 0.228 e. The van der Waals surface area contributed by atoms with Crippen molar-refractivity contribution in [2.24, 2.45) is 0 Å². The molecule has 1 aromatic heterocycles. The Morgan fingerprint density at radius 1 is 0.327 bits per heavy atom. The zero-order valence-electron chi connectivity index (χ0n) is 30.9. The van der Waals surface area contributed by atoms with Crippen molar-refractivity contribution in [1.82, 2.24) is 9.97 Å². The molecule has 0 bridgehead atoms. The minimum atomic E-state index is -0.0441. The normalized spacial score (nSPS) is 12.7. The summed E-state index contributed by atoms with van der Waals surface area (Å²) < 4.78 is 0. The van der Waals surface area contributed by atoms with E-state index in [1.807, 2.05) is 18.2 Å². The summed E-state index contributed by atoms with van der Waals surface area (Å²) in [7, 11) is 0. The molecule has 260 valence electrons. The Hall–Kier alpha value is -6.90. The standard InChI is InChI=1S/C53H38N2/c1-53(2)47-28-12-11-26-46(47)51-42(27-15-29-48(51)53)39-22-14-21-38(33-39)41-30-31-45(44-25-10-9-24-43(41)44)50-34-49(54-52(55-50)36-18-7-4-8-19-36)40-23-13-20-37(32-40)35-16-5-3-6-17-35/h3-34H,1-2H3. The maximum absolute atomic E-state index is 5.24. The second-order valence-electron chi connectivity index (χ2n) is 15.0. The van der Waals surface area contributed by atoms with Crippen LogP contribution in [0.15, 0.2) is 194 Å². The molecule has 0 fully saturated rings. The molecule has 0 N–H and O–H groups in total. The van der Waals surface area contributed by atoms with E-state index in [1.165, 1.54) is 55.5 Å². The van der Waals surface area contributed by atoms with Crippen LogP contribution in [0.25, 0.3) is 89.2 Å². The van der Waals surface area contributed by atoms with Crippen molar-refractivity contribution in [3.05, 3.63) is 205 Å². The Morgan fingerprint density at radius 2 is 0.836 bits per heavy atom. The molecule has 1 aliphatic rings. The Balaban J connectivity index is 1.11. The van der Waals surface area contributed by atoms with Crippen LogP contribution in [0.1, 0.15) is 25.0 Å². The zero-order chi connectivity index (χ0) is 36.9. The van der Waals surface area contributed by atoms with E-state index in [0.29, 0.717) is 5.82 Å². The van der Waals surface area contributed by atoms with Crippen molar-refractivity contribution in [3.8, 4) is 78.4 Å². The van der Waals surface area contributed by atoms with Gasteiger partial charge in [0.2, 0.25) is 0 Å². The summed E-state index contributed by atoms with van der Waals surface area (Å²) >= 11 is 0. The first-order valence-corrected chi connectivity index (χ1v) is 19.0. The predicted octanol–water partition coefficient (Wildman–Crippen LogP) is 13.9. The molecule has 10 rings (SSSR count). The molecule has 0 saturated heterocycles. The van der Waals surface area contributed by atoms with Gasteiger partial charge in [0.05, 0.1) is 11.4 Å². The van der Waals surface area contributed by atoms with Crippen LogP contribution in [0, 0.1) is 0 Å². The molecule has 9 aromatic rings. The highest BCUT2D eigenvalue weighted by Gasteiger charge is 2.36. The molecule has 0 radical (unpaired) electrons. The quantitative estimate of drug-likeness (QED) is 0.172. The van der Waals surface area contributed by atoms with Crippen LogP contribution >= 0.6 is 0 Å². The van der Waals surface area contributed by atoms with Crippen LogP contribution in [0.2, 0.25) is 0 Å². The van der Waals surface area contributed by atoms with Gasteiger partial charge in [-0.1, -0.05) is 190 Å². The van der Waals surface area contributed by atoms with Crippen molar-refractivity contribution in [1.29, 1.82) is 0 Å². The van der Waals surface area contributed by atoms with Gasteiger partial charge in [0, 0.05) is 22.1 Å². The fourth-order valence-electron chi connectivity index (χ4n) is 8.56. The molecule has 0 atom stereocenters. The fraction of sp³-hybridized carbons (Fsp3) is 0.0566. The summed E-state index contributed by atoms with van der Waals surface area (Å²) in [6.07, 6.45) is 0. The first-order chi connectivity index (χ1) is 27.0. The molecule has 0 saturated carbocycles. The summed E-state index contributed by atoms with van der Waals surface area (Å²) in [6, 6.07) is 69.6. The molecule has 0 spiro atoms. The zero-order valence-corrected chi connectivity index (χ0v) is 30.9. The highest BCUT2D eigenvalue weighted by atomic mass is 14.9. The van der Waals surface area contributed by atoms with Gasteiger partial charge in [-0.25, -0.2) is 9.97 Å². The number of hydrogen-bond acceptors (Lipinski definition) is 2. The van der Waals surface area contributed by atoms with E-state index in [-0.39, 0.29) is 5.41 Å². The highest BCUT2D eigenvalue weighted by Crippen LogP contribution is 2.52. The van der Waals surface area contributed by atoms with E-state index in [9.17, 15) is 0 Å². The number of benzene rings is 8. The molecular formula is C53H38N2. The third-order valence-corrected chi connectivity index (χ3v) is 11.3. The van der Waals surface area contributed by atoms with Crippen molar-refractivity contribution < 1.29 is 0 Å². The molecule has 0 aliphatic heterocycles. The Labute approximate surface area is 322 Å². The lowest BCUT2D eigenvalue weighted by molar-refractivity contribution is 0.660. The fourth-order valence-corrected chi connectivity index (χ4v) is 8.56. The third-order valence-electron chi connectivity index (χ3n) is 11.3. The average molecular weight is 703 g/mol. The Morgan fingerprint density at radius 3 is 1.62 bits per heavy atom. The smallest absolute Gasteiger partial charge is 0.160 e. The van der Waals surface area contributed by atoms with Gasteiger partial charge >= 0.3 is 0 Å². The van der Waals surface area contributed by atoms with Gasteiger partial charge in [0.15, 0.2) is 5.82 Å². The number of aromatic nitrogens is 2. The molecule has 1 heterocycles. The monoisotopic (exact) mass is 702 g/mol. The van der Waals surface area contributed by atoms with Crippen LogP contribution in [0.4, 0.5) is 0 Å². The average Bonchev–Trinajstić information content (AvgIpc) is 3.49. The molecule has 55 heavy (non-hydrogen) atoms. The summed E-state index contributed by atoms with van der Waals surface area (Å²) in [5, 5.41) is 2.35. The second kappa shape index (κ2) is 13.2. The van der Waals surface area contributed by atoms with Gasteiger partial charge in [-0.15, -0.1) is 0 Å². The lowest BCUT2D eigenvalue weighted by atomic mass is 9.82. The van der Waals surface area contributed by atoms with Gasteiger partial charge in [0.1, 0.15) is 0 Å². The van der Waals surface area contributed by atoms with Crippen LogP contribution in [-0.2, 0) is 5.41 Å². The van der Waals surface area contributed by atoms with Crippen molar-refractivity contribution in [2.75, 3.05) is 0 Å². The summed E-state index contributed by atoms with van der Waals surface area (Å²) in [4.78, 5) is 10.4. The van der Waals surface area contributed by atoms with Crippen molar-refractivity contribution in [2.45, 2.75) is 19.3 Å². The van der Waals surface area contributed by atoms with Crippen LogP contribution in [0.3, 0.4) is 0 Å². The summed E-state index contributed by atoms with van der Waals surface area (Å²) in [6.45, 7) is 4.69. The molecule has 2 heteroatoms. The SMILES string of the molecule is CC1(C)c2ccccc2-c2c(-c3cccc(-c4ccc(-c5cc(-c6cccc(-c7ccccc7)c6)nc(-c6ccccc6)n5)c5ccccc45)c3)cccc21. The molecule has 0 unspecified atom stereocenters. The maximum atomic E-state index is 5.24. The molecular weight excluding hydrogens is 665 g/mol. The summed E-state index contributed by atoms with van der Waals surface area (Å²) in [5.74, 6) is 0.708. The topological polar surface area (TPSA) is 25.8 Å². The lowest BCUT2D eigenvalue weighted by Gasteiger charge is -2.21. The van der Waals surface area contributed by atoms with Gasteiger partial charge < -0.3 is 0 Å². The second-order valence-corrected chi connectivity index (χ2v) is 15.0. The van der Waals surface area contributed by atoms with E-state index in [1.54, 1.807) is 0 Å². The van der Waals surface area contributed by atoms with E-state index in [0.717, 1.165) is 39.0 Å². The molecule has 8 aromatic carbocycles. The Bertz CT molecular complexity index is 2890. The molecule has 0 amide bonds. The van der Waals surface area contributed by atoms with Gasteiger partial charge in [-0.3, -0.25) is 0 Å². The lowest BCUT2D eigenvalue weighted by Crippen LogP contribution is -2.14. The van der Waals surface area contributed by atoms with Gasteiger partial charge in [0.25, 0.3) is 0 Å². The number of nitrogens with zero attached hydrogens (tertiary/aromatic N) is 2.